The number of aldehydes is 1. The minimum atomic E-state index is -0.485. The summed E-state index contributed by atoms with van der Waals surface area (Å²) < 4.78 is 11.3. The van der Waals surface area contributed by atoms with Crippen LogP contribution in [0.4, 0.5) is 0 Å². The van der Waals surface area contributed by atoms with Crippen LogP contribution in [-0.4, -0.2) is 18.7 Å². The van der Waals surface area contributed by atoms with Gasteiger partial charge in [0.15, 0.2) is 5.79 Å². The molecule has 1 aliphatic rings. The van der Waals surface area contributed by atoms with Crippen LogP contribution in [0.1, 0.15) is 37.5 Å². The Morgan fingerprint density at radius 2 is 2.06 bits per heavy atom. The van der Waals surface area contributed by atoms with Gasteiger partial charge in [-0.15, -0.1) is 0 Å². The van der Waals surface area contributed by atoms with Crippen molar-refractivity contribution in [2.24, 2.45) is 0 Å². The minimum absolute atomic E-state index is 0.0186. The van der Waals surface area contributed by atoms with E-state index in [1.807, 2.05) is 26.0 Å². The molecule has 3 heteroatoms. The lowest BCUT2D eigenvalue weighted by molar-refractivity contribution is -0.139. The maximum atomic E-state index is 10.3. The van der Waals surface area contributed by atoms with Gasteiger partial charge in [-0.1, -0.05) is 24.3 Å². The fraction of sp³-hybridized carbons (Fsp3) is 0.500. The zero-order valence-electron chi connectivity index (χ0n) is 10.3. The lowest BCUT2D eigenvalue weighted by Crippen LogP contribution is -2.19. The molecule has 17 heavy (non-hydrogen) atoms. The van der Waals surface area contributed by atoms with Crippen molar-refractivity contribution in [3.63, 3.8) is 0 Å². The van der Waals surface area contributed by atoms with Gasteiger partial charge in [0.05, 0.1) is 6.61 Å². The maximum Gasteiger partial charge on any atom is 0.163 e. The predicted molar refractivity (Wildman–Crippen MR) is 64.7 cm³/mol. The highest BCUT2D eigenvalue weighted by molar-refractivity contribution is 5.50. The van der Waals surface area contributed by atoms with Gasteiger partial charge in [0.2, 0.25) is 0 Å². The van der Waals surface area contributed by atoms with Crippen molar-refractivity contribution in [2.45, 2.75) is 38.6 Å². The molecule has 1 atom stereocenters. The van der Waals surface area contributed by atoms with E-state index in [4.69, 9.17) is 9.47 Å². The van der Waals surface area contributed by atoms with E-state index in [2.05, 4.69) is 12.1 Å². The average Bonchev–Trinajstić information content (AvgIpc) is 2.68. The maximum absolute atomic E-state index is 10.3. The first kappa shape index (κ1) is 12.3. The molecule has 1 aromatic carbocycles. The quantitative estimate of drug-likeness (QED) is 0.751. The van der Waals surface area contributed by atoms with E-state index in [0.717, 1.165) is 18.3 Å². The topological polar surface area (TPSA) is 35.5 Å². The number of hydrogen-bond donors (Lipinski definition) is 0. The Labute approximate surface area is 102 Å². The van der Waals surface area contributed by atoms with Crippen LogP contribution in [0.2, 0.25) is 0 Å². The third kappa shape index (κ3) is 3.14. The third-order valence-corrected chi connectivity index (χ3v) is 2.91. The first-order chi connectivity index (χ1) is 8.11. The average molecular weight is 234 g/mol. The Hall–Kier alpha value is -1.19. The molecular weight excluding hydrogens is 216 g/mol. The molecule has 1 saturated heterocycles. The molecule has 3 nitrogen and oxygen atoms in total. The summed E-state index contributed by atoms with van der Waals surface area (Å²) in [5.74, 6) is -0.485. The SMILES string of the molecule is CC1(C)OCC(c2ccc(CCC=O)cc2)O1. The molecule has 0 N–H and O–H groups in total. The van der Waals surface area contributed by atoms with Crippen molar-refractivity contribution in [2.75, 3.05) is 6.61 Å². The monoisotopic (exact) mass is 234 g/mol. The van der Waals surface area contributed by atoms with Gasteiger partial charge in [-0.2, -0.15) is 0 Å². The minimum Gasteiger partial charge on any atom is -0.347 e. The molecule has 1 unspecified atom stereocenters. The molecule has 1 aliphatic heterocycles. The Bertz CT molecular complexity index is 381. The fourth-order valence-electron chi connectivity index (χ4n) is 1.98. The summed E-state index contributed by atoms with van der Waals surface area (Å²) in [7, 11) is 0. The first-order valence-corrected chi connectivity index (χ1v) is 5.95. The van der Waals surface area contributed by atoms with Crippen LogP contribution in [0.3, 0.4) is 0 Å². The number of ether oxygens (including phenoxy) is 2. The highest BCUT2D eigenvalue weighted by Crippen LogP contribution is 2.32. The highest BCUT2D eigenvalue weighted by atomic mass is 16.7. The van der Waals surface area contributed by atoms with Gasteiger partial charge in [0, 0.05) is 6.42 Å². The predicted octanol–water partition coefficient (Wildman–Crippen LogP) is 2.64. The standard InChI is InChI=1S/C14H18O3/c1-14(2)16-10-13(17-14)12-7-5-11(6-8-12)4-3-9-15/h5-9,13H,3-4,10H2,1-2H3. The molecule has 92 valence electrons. The van der Waals surface area contributed by atoms with Gasteiger partial charge >= 0.3 is 0 Å². The van der Waals surface area contributed by atoms with E-state index in [1.165, 1.54) is 5.56 Å². The summed E-state index contributed by atoms with van der Waals surface area (Å²) in [5, 5.41) is 0. The van der Waals surface area contributed by atoms with Crippen LogP contribution in [-0.2, 0) is 20.7 Å². The Balaban J connectivity index is 2.01. The van der Waals surface area contributed by atoms with Crippen LogP contribution in [0.15, 0.2) is 24.3 Å². The number of benzene rings is 1. The number of carbonyl (C=O) groups is 1. The van der Waals surface area contributed by atoms with Gasteiger partial charge in [-0.3, -0.25) is 0 Å². The van der Waals surface area contributed by atoms with Crippen LogP contribution in [0.5, 0.6) is 0 Å². The van der Waals surface area contributed by atoms with Crippen molar-refractivity contribution in [3.8, 4) is 0 Å². The van der Waals surface area contributed by atoms with Crippen LogP contribution in [0.25, 0.3) is 0 Å². The van der Waals surface area contributed by atoms with Gasteiger partial charge in [-0.05, 0) is 31.4 Å². The van der Waals surface area contributed by atoms with E-state index < -0.39 is 5.79 Å². The van der Waals surface area contributed by atoms with Crippen molar-refractivity contribution < 1.29 is 14.3 Å². The molecule has 0 spiro atoms. The Kier molecular flexibility index (Phi) is 3.60. The lowest BCUT2D eigenvalue weighted by Gasteiger charge is -2.17. The lowest BCUT2D eigenvalue weighted by atomic mass is 10.0. The summed E-state index contributed by atoms with van der Waals surface area (Å²) in [4.78, 5) is 10.3. The molecular formula is C14H18O3. The zero-order valence-corrected chi connectivity index (χ0v) is 10.3. The third-order valence-electron chi connectivity index (χ3n) is 2.91. The Morgan fingerprint density at radius 3 is 2.59 bits per heavy atom. The molecule has 1 fully saturated rings. The normalized spacial score (nSPS) is 22.6. The van der Waals surface area contributed by atoms with Crippen molar-refractivity contribution in [3.05, 3.63) is 35.4 Å². The first-order valence-electron chi connectivity index (χ1n) is 5.95. The van der Waals surface area contributed by atoms with E-state index in [1.54, 1.807) is 0 Å². The number of aryl methyl sites for hydroxylation is 1. The van der Waals surface area contributed by atoms with E-state index in [9.17, 15) is 4.79 Å². The summed E-state index contributed by atoms with van der Waals surface area (Å²) in [6, 6.07) is 8.20. The van der Waals surface area contributed by atoms with Crippen LogP contribution in [0, 0.1) is 0 Å². The molecule has 1 aromatic rings. The second-order valence-electron chi connectivity index (χ2n) is 4.76. The fourth-order valence-corrected chi connectivity index (χ4v) is 1.98. The summed E-state index contributed by atoms with van der Waals surface area (Å²) in [5.41, 5.74) is 2.31. The van der Waals surface area contributed by atoms with Gasteiger partial charge in [-0.25, -0.2) is 0 Å². The van der Waals surface area contributed by atoms with Crippen LogP contribution >= 0.6 is 0 Å². The molecule has 0 saturated carbocycles. The zero-order chi connectivity index (χ0) is 12.3. The molecule has 1 heterocycles. The molecule has 0 radical (unpaired) electrons. The Morgan fingerprint density at radius 1 is 1.35 bits per heavy atom. The number of rotatable bonds is 4. The second-order valence-corrected chi connectivity index (χ2v) is 4.76. The summed E-state index contributed by atoms with van der Waals surface area (Å²) in [6.45, 7) is 4.44. The van der Waals surface area contributed by atoms with E-state index >= 15 is 0 Å². The molecule has 0 bridgehead atoms. The summed E-state index contributed by atoms with van der Waals surface area (Å²) >= 11 is 0. The molecule has 0 aliphatic carbocycles. The smallest absolute Gasteiger partial charge is 0.163 e. The molecule has 0 aromatic heterocycles. The van der Waals surface area contributed by atoms with Gasteiger partial charge in [0.25, 0.3) is 0 Å². The molecule has 2 rings (SSSR count). The van der Waals surface area contributed by atoms with Crippen molar-refractivity contribution >= 4 is 6.29 Å². The summed E-state index contributed by atoms with van der Waals surface area (Å²) in [6.07, 6.45) is 2.35. The highest BCUT2D eigenvalue weighted by Gasteiger charge is 2.33. The van der Waals surface area contributed by atoms with Gasteiger partial charge in [0.1, 0.15) is 12.4 Å². The van der Waals surface area contributed by atoms with Crippen molar-refractivity contribution in [1.82, 2.24) is 0 Å². The number of carbonyl (C=O) groups excluding carboxylic acids is 1. The van der Waals surface area contributed by atoms with Gasteiger partial charge < -0.3 is 14.3 Å². The molecule has 0 amide bonds. The van der Waals surface area contributed by atoms with Crippen molar-refractivity contribution in [1.29, 1.82) is 0 Å². The number of hydrogen-bond acceptors (Lipinski definition) is 3. The largest absolute Gasteiger partial charge is 0.347 e. The van der Waals surface area contributed by atoms with Crippen LogP contribution < -0.4 is 0 Å². The van der Waals surface area contributed by atoms with E-state index in [0.29, 0.717) is 13.0 Å². The second kappa shape index (κ2) is 4.98. The van der Waals surface area contributed by atoms with E-state index in [-0.39, 0.29) is 6.10 Å².